The molecule has 3 aromatic rings. The number of rotatable bonds is 4. The summed E-state index contributed by atoms with van der Waals surface area (Å²) >= 11 is 0. The molecular weight excluding hydrogens is 308 g/mol. The quantitative estimate of drug-likeness (QED) is 0.689. The number of methoxy groups -OCH3 is 2. The highest BCUT2D eigenvalue weighted by atomic mass is 16.5. The minimum atomic E-state index is -0.548. The van der Waals surface area contributed by atoms with E-state index >= 15 is 0 Å². The number of carbonyl (C=O) groups excluding carboxylic acids is 1. The smallest absolute Gasteiger partial charge is 0.344 e. The van der Waals surface area contributed by atoms with Crippen LogP contribution in [0.4, 0.5) is 0 Å². The molecule has 0 N–H and O–H groups in total. The first-order chi connectivity index (χ1) is 11.6. The average molecular weight is 324 g/mol. The van der Waals surface area contributed by atoms with Crippen molar-refractivity contribution in [1.82, 2.24) is 0 Å². The molecule has 0 atom stereocenters. The topological polar surface area (TPSA) is 65.7 Å². The summed E-state index contributed by atoms with van der Waals surface area (Å²) in [4.78, 5) is 25.2. The van der Waals surface area contributed by atoms with Crippen LogP contribution in [0.3, 0.4) is 0 Å². The summed E-state index contributed by atoms with van der Waals surface area (Å²) in [5, 5.41) is 1.13. The number of aryl methyl sites for hydroxylation is 1. The Kier molecular flexibility index (Phi) is 4.08. The molecule has 0 radical (unpaired) electrons. The van der Waals surface area contributed by atoms with E-state index in [0.29, 0.717) is 27.8 Å². The Labute approximate surface area is 138 Å². The molecule has 0 spiro atoms. The Hall–Kier alpha value is -3.08. The molecule has 0 aliphatic carbocycles. The maximum atomic E-state index is 13.0. The Morgan fingerprint density at radius 1 is 0.917 bits per heavy atom. The average Bonchev–Trinajstić information content (AvgIpc) is 2.63. The number of benzene rings is 2. The summed E-state index contributed by atoms with van der Waals surface area (Å²) in [5.74, 6) is 0.246. The zero-order valence-electron chi connectivity index (χ0n) is 13.6. The predicted octanol–water partition coefficient (Wildman–Crippen LogP) is 3.35. The number of ketones is 1. The van der Waals surface area contributed by atoms with Crippen molar-refractivity contribution in [3.8, 4) is 11.5 Å². The van der Waals surface area contributed by atoms with Gasteiger partial charge in [0.1, 0.15) is 17.1 Å². The van der Waals surface area contributed by atoms with Crippen molar-refractivity contribution in [1.29, 1.82) is 0 Å². The summed E-state index contributed by atoms with van der Waals surface area (Å²) in [7, 11) is 2.93. The fourth-order valence-corrected chi connectivity index (χ4v) is 2.74. The van der Waals surface area contributed by atoms with Crippen LogP contribution in [-0.2, 0) is 0 Å². The lowest BCUT2D eigenvalue weighted by Crippen LogP contribution is -2.13. The third-order valence-corrected chi connectivity index (χ3v) is 3.95. The van der Waals surface area contributed by atoms with E-state index in [4.69, 9.17) is 13.9 Å². The Balaban J connectivity index is 2.28. The van der Waals surface area contributed by atoms with Crippen LogP contribution in [0.1, 0.15) is 21.7 Å². The molecule has 5 heteroatoms. The summed E-state index contributed by atoms with van der Waals surface area (Å²) < 4.78 is 15.9. The van der Waals surface area contributed by atoms with Crippen molar-refractivity contribution in [2.45, 2.75) is 6.92 Å². The first-order valence-corrected chi connectivity index (χ1v) is 7.36. The van der Waals surface area contributed by atoms with Crippen LogP contribution in [0, 0.1) is 6.92 Å². The van der Waals surface area contributed by atoms with E-state index < -0.39 is 11.4 Å². The zero-order valence-corrected chi connectivity index (χ0v) is 13.6. The van der Waals surface area contributed by atoms with E-state index in [2.05, 4.69) is 0 Å². The van der Waals surface area contributed by atoms with Gasteiger partial charge in [-0.25, -0.2) is 4.79 Å². The second kappa shape index (κ2) is 6.20. The van der Waals surface area contributed by atoms with Crippen molar-refractivity contribution in [2.24, 2.45) is 0 Å². The molecule has 0 amide bonds. The highest BCUT2D eigenvalue weighted by molar-refractivity contribution is 6.13. The maximum Gasteiger partial charge on any atom is 0.344 e. The van der Waals surface area contributed by atoms with Gasteiger partial charge < -0.3 is 13.9 Å². The molecule has 2 aromatic carbocycles. The molecule has 0 aliphatic heterocycles. The van der Waals surface area contributed by atoms with Crippen LogP contribution in [0.15, 0.2) is 51.7 Å². The monoisotopic (exact) mass is 324 g/mol. The van der Waals surface area contributed by atoms with E-state index in [1.54, 1.807) is 43.3 Å². The summed E-state index contributed by atoms with van der Waals surface area (Å²) in [6.07, 6.45) is 0. The molecule has 1 aromatic heterocycles. The van der Waals surface area contributed by atoms with Crippen LogP contribution in [0.25, 0.3) is 10.8 Å². The van der Waals surface area contributed by atoms with Crippen molar-refractivity contribution < 1.29 is 18.7 Å². The standard InChI is InChI=1S/C19H16O5/c1-11-12-7-4-5-8-13(12)19(21)24-18(11)17(20)16-14(22-2)9-6-10-15(16)23-3/h4-10H,1-3H3. The zero-order chi connectivity index (χ0) is 17.3. The number of hydrogen-bond acceptors (Lipinski definition) is 5. The minimum absolute atomic E-state index is 0.0125. The van der Waals surface area contributed by atoms with Gasteiger partial charge >= 0.3 is 5.63 Å². The fourth-order valence-electron chi connectivity index (χ4n) is 2.74. The van der Waals surface area contributed by atoms with Crippen LogP contribution < -0.4 is 15.1 Å². The molecule has 0 saturated carbocycles. The van der Waals surface area contributed by atoms with E-state index in [1.165, 1.54) is 14.2 Å². The second-order valence-electron chi connectivity index (χ2n) is 5.26. The summed E-state index contributed by atoms with van der Waals surface area (Å²) in [6, 6.07) is 12.1. The number of hydrogen-bond donors (Lipinski definition) is 0. The van der Waals surface area contributed by atoms with Gasteiger partial charge in [-0.1, -0.05) is 24.3 Å². The third kappa shape index (κ3) is 2.44. The van der Waals surface area contributed by atoms with Gasteiger partial charge in [-0.15, -0.1) is 0 Å². The molecule has 0 saturated heterocycles. The van der Waals surface area contributed by atoms with Gasteiger partial charge in [-0.2, -0.15) is 0 Å². The molecule has 3 rings (SSSR count). The van der Waals surface area contributed by atoms with E-state index in [1.807, 2.05) is 6.07 Å². The van der Waals surface area contributed by atoms with Gasteiger partial charge in [-0.05, 0) is 30.5 Å². The van der Waals surface area contributed by atoms with Crippen molar-refractivity contribution in [3.05, 3.63) is 69.8 Å². The maximum absolute atomic E-state index is 13.0. The first kappa shape index (κ1) is 15.8. The van der Waals surface area contributed by atoms with Crippen LogP contribution in [-0.4, -0.2) is 20.0 Å². The summed E-state index contributed by atoms with van der Waals surface area (Å²) in [6.45, 7) is 1.75. The van der Waals surface area contributed by atoms with Gasteiger partial charge in [-0.3, -0.25) is 4.79 Å². The summed E-state index contributed by atoms with van der Waals surface area (Å²) in [5.41, 5.74) is 0.278. The molecule has 122 valence electrons. The minimum Gasteiger partial charge on any atom is -0.496 e. The van der Waals surface area contributed by atoms with E-state index in [0.717, 1.165) is 0 Å². The van der Waals surface area contributed by atoms with Crippen molar-refractivity contribution >= 4 is 16.6 Å². The van der Waals surface area contributed by atoms with Crippen LogP contribution >= 0.6 is 0 Å². The molecule has 0 bridgehead atoms. The molecule has 0 unspecified atom stereocenters. The van der Waals surface area contributed by atoms with Gasteiger partial charge in [0.15, 0.2) is 5.76 Å². The number of fused-ring (bicyclic) bond motifs is 1. The molecule has 24 heavy (non-hydrogen) atoms. The van der Waals surface area contributed by atoms with Crippen LogP contribution in [0.5, 0.6) is 11.5 Å². The normalized spacial score (nSPS) is 10.6. The number of ether oxygens (including phenoxy) is 2. The fraction of sp³-hybridized carbons (Fsp3) is 0.158. The van der Waals surface area contributed by atoms with Gasteiger partial charge in [0.25, 0.3) is 0 Å². The lowest BCUT2D eigenvalue weighted by Gasteiger charge is -2.13. The predicted molar refractivity (Wildman–Crippen MR) is 90.2 cm³/mol. The largest absolute Gasteiger partial charge is 0.496 e. The lowest BCUT2D eigenvalue weighted by atomic mass is 10.00. The SMILES string of the molecule is COc1cccc(OC)c1C(=O)c1oc(=O)c2ccccc2c1C. The van der Waals surface area contributed by atoms with Crippen LogP contribution in [0.2, 0.25) is 0 Å². The Bertz CT molecular complexity index is 962. The molecule has 5 nitrogen and oxygen atoms in total. The van der Waals surface area contributed by atoms with Gasteiger partial charge in [0.2, 0.25) is 5.78 Å². The molecular formula is C19H16O5. The van der Waals surface area contributed by atoms with Crippen molar-refractivity contribution in [2.75, 3.05) is 14.2 Å². The lowest BCUT2D eigenvalue weighted by molar-refractivity contribution is 0.0998. The van der Waals surface area contributed by atoms with E-state index in [-0.39, 0.29) is 11.3 Å². The first-order valence-electron chi connectivity index (χ1n) is 7.36. The Morgan fingerprint density at radius 2 is 1.50 bits per heavy atom. The second-order valence-corrected chi connectivity index (χ2v) is 5.26. The molecule has 0 fully saturated rings. The van der Waals surface area contributed by atoms with Gasteiger partial charge in [0.05, 0.1) is 19.6 Å². The number of carbonyl (C=O) groups is 1. The van der Waals surface area contributed by atoms with Crippen molar-refractivity contribution in [3.63, 3.8) is 0 Å². The van der Waals surface area contributed by atoms with E-state index in [9.17, 15) is 9.59 Å². The molecule has 1 heterocycles. The molecule has 0 aliphatic rings. The highest BCUT2D eigenvalue weighted by Crippen LogP contribution is 2.32. The highest BCUT2D eigenvalue weighted by Gasteiger charge is 2.25. The van der Waals surface area contributed by atoms with Gasteiger partial charge in [0, 0.05) is 5.56 Å². The third-order valence-electron chi connectivity index (χ3n) is 3.95. The Morgan fingerprint density at radius 3 is 2.08 bits per heavy atom.